The van der Waals surface area contributed by atoms with Crippen LogP contribution in [0.15, 0.2) is 91.5 Å². The lowest BCUT2D eigenvalue weighted by atomic mass is 9.76. The van der Waals surface area contributed by atoms with Gasteiger partial charge in [-0.1, -0.05) is 43.0 Å². The highest BCUT2D eigenvalue weighted by Crippen LogP contribution is 2.53. The first-order chi connectivity index (χ1) is 21.8. The second-order valence-corrected chi connectivity index (χ2v) is 12.7. The lowest BCUT2D eigenvalue weighted by Gasteiger charge is -2.45. The van der Waals surface area contributed by atoms with Crippen LogP contribution in [0.1, 0.15) is 76.0 Å². The smallest absolute Gasteiger partial charge is 0.150 e. The Labute approximate surface area is 266 Å². The van der Waals surface area contributed by atoms with E-state index in [1.807, 2.05) is 38.1 Å². The molecule has 4 aromatic rings. The zero-order valence-electron chi connectivity index (χ0n) is 26.2. The molecular formula is C39H41N5O. The predicted molar refractivity (Wildman–Crippen MR) is 186 cm³/mol. The van der Waals surface area contributed by atoms with Crippen LogP contribution in [0.25, 0.3) is 5.70 Å². The Kier molecular flexibility index (Phi) is 7.25. The van der Waals surface area contributed by atoms with E-state index in [0.717, 1.165) is 79.9 Å². The van der Waals surface area contributed by atoms with Crippen LogP contribution in [-0.2, 0) is 31.3 Å². The molecule has 2 aliphatic carbocycles. The molecule has 4 aliphatic rings. The molecule has 0 saturated carbocycles. The first-order valence-electron chi connectivity index (χ1n) is 15.9. The molecule has 1 unspecified atom stereocenters. The minimum atomic E-state index is -0.0349. The second-order valence-electron chi connectivity index (χ2n) is 12.7. The van der Waals surface area contributed by atoms with Crippen LogP contribution in [0.4, 0.5) is 22.7 Å². The van der Waals surface area contributed by atoms with Crippen molar-refractivity contribution in [3.63, 3.8) is 0 Å². The van der Waals surface area contributed by atoms with Gasteiger partial charge in [-0.25, -0.2) is 5.84 Å². The van der Waals surface area contributed by atoms with Crippen LogP contribution >= 0.6 is 0 Å². The minimum absolute atomic E-state index is 0.0349. The fraction of sp³-hybridized carbons (Fsp3) is 0.256. The molecule has 1 spiro atoms. The Morgan fingerprint density at radius 1 is 0.800 bits per heavy atom. The number of hydrogen-bond acceptors (Lipinski definition) is 6. The highest BCUT2D eigenvalue weighted by atomic mass is 16.1. The molecule has 8 rings (SSSR count). The summed E-state index contributed by atoms with van der Waals surface area (Å²) in [6.45, 7) is 11.0. The van der Waals surface area contributed by atoms with E-state index < -0.39 is 0 Å². The van der Waals surface area contributed by atoms with Crippen LogP contribution in [0.5, 0.6) is 0 Å². The van der Waals surface area contributed by atoms with E-state index in [1.165, 1.54) is 44.8 Å². The first-order valence-corrected chi connectivity index (χ1v) is 15.9. The molecule has 1 atom stereocenters. The van der Waals surface area contributed by atoms with E-state index in [2.05, 4.69) is 77.0 Å². The van der Waals surface area contributed by atoms with E-state index in [9.17, 15) is 4.79 Å². The molecule has 2 bridgehead atoms. The Bertz CT molecular complexity index is 1850. The average Bonchev–Trinajstić information content (AvgIpc) is 3.64. The summed E-state index contributed by atoms with van der Waals surface area (Å²) >= 11 is 0. The number of anilines is 4. The number of nitrogens with zero attached hydrogens (tertiary/aromatic N) is 3. The van der Waals surface area contributed by atoms with Crippen molar-refractivity contribution >= 4 is 34.7 Å². The van der Waals surface area contributed by atoms with Crippen molar-refractivity contribution in [1.82, 2.24) is 0 Å². The molecular weight excluding hydrogens is 554 g/mol. The number of nitrogens with two attached hydrogens (primary N) is 2. The lowest BCUT2D eigenvalue weighted by molar-refractivity contribution is 0.112. The van der Waals surface area contributed by atoms with Crippen molar-refractivity contribution in [3.8, 4) is 0 Å². The van der Waals surface area contributed by atoms with E-state index in [4.69, 9.17) is 11.6 Å². The van der Waals surface area contributed by atoms with Crippen LogP contribution in [0.3, 0.4) is 0 Å². The summed E-state index contributed by atoms with van der Waals surface area (Å²) in [5, 5.41) is 1.72. The van der Waals surface area contributed by atoms with Crippen LogP contribution < -0.4 is 26.4 Å². The molecule has 0 fully saturated rings. The molecule has 4 N–H and O–H groups in total. The molecule has 45 heavy (non-hydrogen) atoms. The summed E-state index contributed by atoms with van der Waals surface area (Å²) in [5.74, 6) is 6.77. The minimum Gasteiger partial charge on any atom is -0.399 e. The molecule has 228 valence electrons. The Morgan fingerprint density at radius 3 is 2.09 bits per heavy atom. The van der Waals surface area contributed by atoms with Gasteiger partial charge in [-0.2, -0.15) is 0 Å². The van der Waals surface area contributed by atoms with Gasteiger partial charge in [0, 0.05) is 41.1 Å². The van der Waals surface area contributed by atoms with Crippen molar-refractivity contribution in [1.29, 1.82) is 0 Å². The standard InChI is InChI=1S/C35H33N5O.C4H8/c1-22(26-5-4-25-11-13-35(32(25)17-26)12-10-24-3-2-23(20-41)14-31(24)35)40(37)30-7-9-34-28(16-30)19-39-21-38(34)18-27-15-29(36)6-8-33(27)39;1-3-4-2/h2-9,14-17,20H,1,10-13,18-19,21,36-37H2;3-4H,1-2H3. The van der Waals surface area contributed by atoms with Gasteiger partial charge in [0.2, 0.25) is 0 Å². The zero-order chi connectivity index (χ0) is 31.3. The molecule has 0 amide bonds. The summed E-state index contributed by atoms with van der Waals surface area (Å²) in [7, 11) is 0. The number of hydrogen-bond donors (Lipinski definition) is 2. The van der Waals surface area contributed by atoms with Gasteiger partial charge in [0.05, 0.1) is 18.1 Å². The topological polar surface area (TPSA) is 78.8 Å². The molecule has 6 heteroatoms. The van der Waals surface area contributed by atoms with E-state index in [1.54, 1.807) is 5.01 Å². The Morgan fingerprint density at radius 2 is 1.42 bits per heavy atom. The monoisotopic (exact) mass is 595 g/mol. The number of carbonyl (C=O) groups is 1. The first kappa shape index (κ1) is 28.9. The zero-order valence-corrected chi connectivity index (χ0v) is 26.2. The number of fused-ring (bicyclic) bond motifs is 10. The summed E-state index contributed by atoms with van der Waals surface area (Å²) in [4.78, 5) is 16.4. The summed E-state index contributed by atoms with van der Waals surface area (Å²) in [6, 6.07) is 25.6. The SMILES string of the molecule is C=C(c1ccc2c(c1)C1(CCc3ccc(C=O)cc31)CC2)N(N)c1ccc2c(c1)CN1CN2Cc2cc(N)ccc21.CC=CC. The third-order valence-corrected chi connectivity index (χ3v) is 10.2. The average molecular weight is 596 g/mol. The fourth-order valence-electron chi connectivity index (χ4n) is 7.79. The van der Waals surface area contributed by atoms with Gasteiger partial charge >= 0.3 is 0 Å². The third kappa shape index (κ3) is 4.81. The summed E-state index contributed by atoms with van der Waals surface area (Å²) in [6.07, 6.45) is 9.21. The van der Waals surface area contributed by atoms with Crippen molar-refractivity contribution in [2.75, 3.05) is 27.2 Å². The second kappa shape index (κ2) is 11.3. The van der Waals surface area contributed by atoms with E-state index >= 15 is 0 Å². The van der Waals surface area contributed by atoms with Crippen LogP contribution in [-0.4, -0.2) is 13.0 Å². The number of nitrogen functional groups attached to an aromatic ring is 1. The fourth-order valence-corrected chi connectivity index (χ4v) is 7.79. The number of hydrazine groups is 1. The number of rotatable bonds is 4. The van der Waals surface area contributed by atoms with Gasteiger partial charge in [0.15, 0.2) is 0 Å². The van der Waals surface area contributed by atoms with E-state index in [-0.39, 0.29) is 5.41 Å². The summed E-state index contributed by atoms with van der Waals surface area (Å²) < 4.78 is 0. The molecule has 4 aromatic carbocycles. The quantitative estimate of drug-likeness (QED) is 0.0837. The molecule has 6 nitrogen and oxygen atoms in total. The molecule has 0 saturated heterocycles. The van der Waals surface area contributed by atoms with E-state index in [0.29, 0.717) is 0 Å². The van der Waals surface area contributed by atoms with Gasteiger partial charge in [-0.3, -0.25) is 9.80 Å². The van der Waals surface area contributed by atoms with Gasteiger partial charge in [-0.15, -0.1) is 0 Å². The van der Waals surface area contributed by atoms with Gasteiger partial charge in [-0.05, 0) is 127 Å². The molecule has 0 aromatic heterocycles. The van der Waals surface area contributed by atoms with Gasteiger partial charge in [0.25, 0.3) is 0 Å². The number of carbonyl (C=O) groups excluding carboxylic acids is 1. The predicted octanol–water partition coefficient (Wildman–Crippen LogP) is 7.49. The number of aldehydes is 1. The largest absolute Gasteiger partial charge is 0.399 e. The number of allylic oxidation sites excluding steroid dienone is 2. The number of benzene rings is 4. The summed E-state index contributed by atoms with van der Waals surface area (Å²) in [5.41, 5.74) is 20.8. The maximum Gasteiger partial charge on any atom is 0.150 e. The van der Waals surface area contributed by atoms with Crippen molar-refractivity contribution in [3.05, 3.63) is 136 Å². The molecule has 0 radical (unpaired) electrons. The molecule has 2 heterocycles. The van der Waals surface area contributed by atoms with Gasteiger partial charge in [0.1, 0.15) is 6.29 Å². The third-order valence-electron chi connectivity index (χ3n) is 10.2. The maximum absolute atomic E-state index is 11.6. The Hall–Kier alpha value is -4.81. The van der Waals surface area contributed by atoms with Crippen molar-refractivity contribution < 1.29 is 4.79 Å². The highest BCUT2D eigenvalue weighted by molar-refractivity contribution is 5.81. The van der Waals surface area contributed by atoms with Crippen LogP contribution in [0, 0.1) is 0 Å². The van der Waals surface area contributed by atoms with Crippen LogP contribution in [0.2, 0.25) is 0 Å². The van der Waals surface area contributed by atoms with Crippen molar-refractivity contribution in [2.45, 2.75) is 58.0 Å². The Balaban J connectivity index is 0.000000770. The maximum atomic E-state index is 11.6. The van der Waals surface area contributed by atoms with Gasteiger partial charge < -0.3 is 15.5 Å². The lowest BCUT2D eigenvalue weighted by Crippen LogP contribution is -2.46. The highest BCUT2D eigenvalue weighted by Gasteiger charge is 2.45. The normalized spacial score (nSPS) is 18.6. The number of aryl methyl sites for hydroxylation is 2. The molecule has 2 aliphatic heterocycles. The van der Waals surface area contributed by atoms with Crippen molar-refractivity contribution in [2.24, 2.45) is 5.84 Å².